The van der Waals surface area contributed by atoms with Crippen molar-refractivity contribution in [2.75, 3.05) is 11.9 Å². The lowest BCUT2D eigenvalue weighted by molar-refractivity contribution is -0.115. The molecule has 0 heterocycles. The average Bonchev–Trinajstić information content (AvgIpc) is 2.64. The second-order valence-electron chi connectivity index (χ2n) is 6.03. The van der Waals surface area contributed by atoms with Gasteiger partial charge in [-0.25, -0.2) is 4.83 Å². The highest BCUT2D eigenvalue weighted by molar-refractivity contribution is 7.89. The van der Waals surface area contributed by atoms with E-state index in [4.69, 9.17) is 16.3 Å². The molecule has 150 valence electrons. The van der Waals surface area contributed by atoms with Gasteiger partial charge in [0.15, 0.2) is 0 Å². The summed E-state index contributed by atoms with van der Waals surface area (Å²) in [6.07, 6.45) is -0.0717. The molecule has 0 bridgehead atoms. The minimum Gasteiger partial charge on any atom is -0.494 e. The van der Waals surface area contributed by atoms with E-state index in [0.29, 0.717) is 28.8 Å². The third-order valence-electron chi connectivity index (χ3n) is 3.69. The number of hydrogen-bond acceptors (Lipinski definition) is 5. The summed E-state index contributed by atoms with van der Waals surface area (Å²) in [5, 5.41) is 7.06. The van der Waals surface area contributed by atoms with Crippen LogP contribution in [0.5, 0.6) is 5.75 Å². The highest BCUT2D eigenvalue weighted by Crippen LogP contribution is 2.20. The zero-order valence-electron chi connectivity index (χ0n) is 15.8. The molecule has 0 saturated heterocycles. The molecule has 1 amide bonds. The average molecular weight is 424 g/mol. The number of hydrogen-bond donors (Lipinski definition) is 2. The molecule has 0 atom stereocenters. The van der Waals surface area contributed by atoms with Crippen LogP contribution in [0.2, 0.25) is 5.02 Å². The summed E-state index contributed by atoms with van der Waals surface area (Å²) in [4.78, 5) is 14.3. The summed E-state index contributed by atoms with van der Waals surface area (Å²) in [6, 6.07) is 11.2. The van der Waals surface area contributed by atoms with Crippen molar-refractivity contribution in [3.63, 3.8) is 0 Å². The number of halogens is 1. The first kappa shape index (κ1) is 21.7. The molecule has 0 aliphatic heterocycles. The first-order valence-corrected chi connectivity index (χ1v) is 10.4. The number of aryl methyl sites for hydroxylation is 1. The molecule has 0 radical (unpaired) electrons. The summed E-state index contributed by atoms with van der Waals surface area (Å²) in [5.41, 5.74) is 1.77. The number of carbonyl (C=O) groups excluding carboxylic acids is 1. The van der Waals surface area contributed by atoms with Crippen LogP contribution < -0.4 is 14.9 Å². The number of rotatable bonds is 8. The molecule has 0 aliphatic rings. The first-order valence-electron chi connectivity index (χ1n) is 8.55. The number of hydrazone groups is 1. The van der Waals surface area contributed by atoms with E-state index in [-0.39, 0.29) is 17.2 Å². The lowest BCUT2D eigenvalue weighted by Crippen LogP contribution is -2.22. The Balaban J connectivity index is 1.98. The lowest BCUT2D eigenvalue weighted by atomic mass is 10.2. The van der Waals surface area contributed by atoms with Gasteiger partial charge in [0.05, 0.1) is 17.9 Å². The summed E-state index contributed by atoms with van der Waals surface area (Å²) >= 11 is 5.93. The number of carbonyl (C=O) groups is 1. The van der Waals surface area contributed by atoms with E-state index in [2.05, 4.69) is 15.2 Å². The Morgan fingerprint density at radius 2 is 1.86 bits per heavy atom. The maximum Gasteiger partial charge on any atom is 0.276 e. The Morgan fingerprint density at radius 1 is 1.18 bits per heavy atom. The molecule has 28 heavy (non-hydrogen) atoms. The van der Waals surface area contributed by atoms with Crippen molar-refractivity contribution in [2.24, 2.45) is 5.10 Å². The number of nitrogens with one attached hydrogen (secondary N) is 2. The molecule has 7 nitrogen and oxygen atoms in total. The van der Waals surface area contributed by atoms with Gasteiger partial charge >= 0.3 is 0 Å². The Morgan fingerprint density at radius 3 is 2.50 bits per heavy atom. The van der Waals surface area contributed by atoms with Crippen molar-refractivity contribution in [1.29, 1.82) is 0 Å². The van der Waals surface area contributed by atoms with Gasteiger partial charge in [0.2, 0.25) is 5.91 Å². The molecule has 2 N–H and O–H groups in total. The third kappa shape index (κ3) is 6.24. The van der Waals surface area contributed by atoms with Gasteiger partial charge in [0, 0.05) is 16.4 Å². The largest absolute Gasteiger partial charge is 0.494 e. The molecule has 0 aromatic heterocycles. The number of nitrogens with zero attached hydrogens (tertiary/aromatic N) is 1. The van der Waals surface area contributed by atoms with Gasteiger partial charge in [-0.1, -0.05) is 17.7 Å². The molecule has 0 fully saturated rings. The highest BCUT2D eigenvalue weighted by atomic mass is 35.5. The fraction of sp³-hybridized carbons (Fsp3) is 0.263. The van der Waals surface area contributed by atoms with Crippen molar-refractivity contribution in [2.45, 2.75) is 32.1 Å². The van der Waals surface area contributed by atoms with Crippen molar-refractivity contribution in [1.82, 2.24) is 4.83 Å². The smallest absolute Gasteiger partial charge is 0.276 e. The normalized spacial score (nSPS) is 11.8. The van der Waals surface area contributed by atoms with Gasteiger partial charge in [-0.15, -0.1) is 0 Å². The summed E-state index contributed by atoms with van der Waals surface area (Å²) < 4.78 is 29.9. The molecule has 0 spiro atoms. The van der Waals surface area contributed by atoms with Crippen LogP contribution in [-0.2, 0) is 14.8 Å². The number of amides is 1. The quantitative estimate of drug-likeness (QED) is 0.499. The Hall–Kier alpha value is -2.58. The van der Waals surface area contributed by atoms with Crippen LogP contribution in [0.25, 0.3) is 0 Å². The van der Waals surface area contributed by atoms with Crippen LogP contribution in [0.1, 0.15) is 25.8 Å². The zero-order chi connectivity index (χ0) is 20.7. The van der Waals surface area contributed by atoms with Gasteiger partial charge in [-0.2, -0.15) is 13.5 Å². The highest BCUT2D eigenvalue weighted by Gasteiger charge is 2.14. The Labute approximate surface area is 169 Å². The number of sulfonamides is 1. The van der Waals surface area contributed by atoms with Crippen LogP contribution in [-0.4, -0.2) is 26.6 Å². The van der Waals surface area contributed by atoms with E-state index in [1.54, 1.807) is 37.3 Å². The molecule has 0 unspecified atom stereocenters. The van der Waals surface area contributed by atoms with Crippen molar-refractivity contribution in [3.05, 3.63) is 53.1 Å². The predicted molar refractivity (Wildman–Crippen MR) is 110 cm³/mol. The van der Waals surface area contributed by atoms with E-state index in [9.17, 15) is 13.2 Å². The molecule has 9 heteroatoms. The topological polar surface area (TPSA) is 96.9 Å². The molecular weight excluding hydrogens is 402 g/mol. The van der Waals surface area contributed by atoms with Crippen LogP contribution >= 0.6 is 11.6 Å². The zero-order valence-corrected chi connectivity index (χ0v) is 17.4. The molecule has 0 saturated carbocycles. The molecular formula is C19H22ClN3O4S. The van der Waals surface area contributed by atoms with Crippen LogP contribution in [0.3, 0.4) is 0 Å². The van der Waals surface area contributed by atoms with Crippen molar-refractivity contribution in [3.8, 4) is 5.75 Å². The maximum absolute atomic E-state index is 12.3. The second-order valence-corrected chi connectivity index (χ2v) is 8.13. The summed E-state index contributed by atoms with van der Waals surface area (Å²) in [5.74, 6) is 0.251. The fourth-order valence-corrected chi connectivity index (χ4v) is 3.32. The number of ether oxygens (including phenoxy) is 1. The van der Waals surface area contributed by atoms with Gasteiger partial charge in [0.25, 0.3) is 10.0 Å². The maximum atomic E-state index is 12.3. The van der Waals surface area contributed by atoms with Gasteiger partial charge < -0.3 is 10.1 Å². The van der Waals surface area contributed by atoms with E-state index in [1.165, 1.54) is 12.1 Å². The Kier molecular flexibility index (Phi) is 7.42. The minimum atomic E-state index is -3.84. The molecule has 0 aliphatic carbocycles. The van der Waals surface area contributed by atoms with Gasteiger partial charge in [-0.05, 0) is 62.7 Å². The van der Waals surface area contributed by atoms with Gasteiger partial charge in [0.1, 0.15) is 5.75 Å². The summed E-state index contributed by atoms with van der Waals surface area (Å²) in [7, 11) is -3.84. The third-order valence-corrected chi connectivity index (χ3v) is 5.15. The van der Waals surface area contributed by atoms with Crippen molar-refractivity contribution >= 4 is 38.9 Å². The monoisotopic (exact) mass is 423 g/mol. The molecule has 2 aromatic rings. The van der Waals surface area contributed by atoms with E-state index in [1.807, 2.05) is 13.8 Å². The minimum absolute atomic E-state index is 0.0477. The van der Waals surface area contributed by atoms with Crippen LogP contribution in [0.15, 0.2) is 52.5 Å². The fourth-order valence-electron chi connectivity index (χ4n) is 2.27. The predicted octanol–water partition coefficient (Wildman–Crippen LogP) is 3.73. The molecule has 2 aromatic carbocycles. The first-order chi connectivity index (χ1) is 13.2. The van der Waals surface area contributed by atoms with E-state index in [0.717, 1.165) is 5.56 Å². The Bertz CT molecular complexity index is 973. The van der Waals surface area contributed by atoms with Crippen LogP contribution in [0, 0.1) is 6.92 Å². The second kappa shape index (κ2) is 9.57. The van der Waals surface area contributed by atoms with E-state index < -0.39 is 10.0 Å². The number of benzene rings is 2. The summed E-state index contributed by atoms with van der Waals surface area (Å²) in [6.45, 7) is 5.74. The van der Waals surface area contributed by atoms with Crippen molar-refractivity contribution < 1.29 is 17.9 Å². The van der Waals surface area contributed by atoms with E-state index >= 15 is 0 Å². The standard InChI is InChI=1S/C19H22ClN3O4S/c1-4-27-16-7-9-17(10-8-16)28(25,26)23-22-14(3)11-19(24)21-18-12-15(20)6-5-13(18)2/h5-10,12,23H,4,11H2,1-3H3,(H,21,24). The molecule has 2 rings (SSSR count). The lowest BCUT2D eigenvalue weighted by Gasteiger charge is -2.09. The van der Waals surface area contributed by atoms with Gasteiger partial charge in [-0.3, -0.25) is 4.79 Å². The SMILES string of the molecule is CCOc1ccc(S(=O)(=O)NN=C(C)CC(=O)Nc2cc(Cl)ccc2C)cc1. The van der Waals surface area contributed by atoms with Crippen LogP contribution in [0.4, 0.5) is 5.69 Å². The number of anilines is 1.